The van der Waals surface area contributed by atoms with Crippen LogP contribution in [0.2, 0.25) is 0 Å². The van der Waals surface area contributed by atoms with Gasteiger partial charge in [-0.25, -0.2) is 0 Å². The number of unbranched alkanes of at least 4 members (excludes halogenated alkanes) is 2. The molecule has 13 heavy (non-hydrogen) atoms. The molecule has 2 nitrogen and oxygen atoms in total. The Kier molecular flexibility index (Phi) is 8.80. The summed E-state index contributed by atoms with van der Waals surface area (Å²) < 4.78 is 0. The van der Waals surface area contributed by atoms with Crippen molar-refractivity contribution in [3.05, 3.63) is 0 Å². The first kappa shape index (κ1) is 15.5. The number of hydrogen-bond acceptors (Lipinski definition) is 2. The fraction of sp³-hybridized carbons (Fsp3) is 0.900. The average Bonchev–Trinajstić information content (AvgIpc) is 1.83. The van der Waals surface area contributed by atoms with Crippen molar-refractivity contribution < 1.29 is 27.0 Å². The van der Waals surface area contributed by atoms with Crippen molar-refractivity contribution in [3.63, 3.8) is 0 Å². The van der Waals surface area contributed by atoms with Crippen LogP contribution < -0.4 is 5.11 Å². The largest absolute Gasteiger partial charge is 1.00 e. The standard InChI is InChI=1S/C10H20O2.Cu/c1-10(2,3)8-6-4-5-7-9(11)12;/h4-8H2,1-3H3,(H,11,12);/q;+1/p-1. The summed E-state index contributed by atoms with van der Waals surface area (Å²) in [5, 5.41) is 10.0. The maximum Gasteiger partial charge on any atom is 1.00 e. The molecule has 0 fully saturated rings. The van der Waals surface area contributed by atoms with Crippen molar-refractivity contribution in [3.8, 4) is 0 Å². The van der Waals surface area contributed by atoms with Crippen molar-refractivity contribution in [2.75, 3.05) is 0 Å². The molecule has 0 saturated carbocycles. The van der Waals surface area contributed by atoms with Crippen molar-refractivity contribution in [2.45, 2.75) is 52.9 Å². The van der Waals surface area contributed by atoms with Gasteiger partial charge in [-0.15, -0.1) is 0 Å². The van der Waals surface area contributed by atoms with E-state index in [0.717, 1.165) is 19.3 Å². The van der Waals surface area contributed by atoms with Crippen molar-refractivity contribution in [1.29, 1.82) is 0 Å². The molecule has 0 aliphatic heterocycles. The van der Waals surface area contributed by atoms with Gasteiger partial charge >= 0.3 is 17.1 Å². The maximum absolute atomic E-state index is 10.0. The second-order valence-corrected chi connectivity index (χ2v) is 4.49. The van der Waals surface area contributed by atoms with E-state index < -0.39 is 5.97 Å². The van der Waals surface area contributed by atoms with Crippen molar-refractivity contribution >= 4 is 5.97 Å². The fourth-order valence-corrected chi connectivity index (χ4v) is 1.10. The maximum atomic E-state index is 10.0. The minimum atomic E-state index is -0.925. The predicted octanol–water partition coefficient (Wildman–Crippen LogP) is 1.73. The van der Waals surface area contributed by atoms with Gasteiger partial charge < -0.3 is 9.90 Å². The summed E-state index contributed by atoms with van der Waals surface area (Å²) in [5.41, 5.74) is 0.376. The van der Waals surface area contributed by atoms with Crippen molar-refractivity contribution in [2.24, 2.45) is 5.41 Å². The molecule has 0 amide bonds. The minimum absolute atomic E-state index is 0. The summed E-state index contributed by atoms with van der Waals surface area (Å²) >= 11 is 0. The van der Waals surface area contributed by atoms with Crippen LogP contribution in [0.4, 0.5) is 0 Å². The fourth-order valence-electron chi connectivity index (χ4n) is 1.10. The molecule has 0 aliphatic carbocycles. The molecule has 3 heteroatoms. The Morgan fingerprint density at radius 1 is 1.15 bits per heavy atom. The van der Waals surface area contributed by atoms with E-state index >= 15 is 0 Å². The molecule has 82 valence electrons. The number of carboxylic acids is 1. The van der Waals surface area contributed by atoms with E-state index in [9.17, 15) is 9.90 Å². The Balaban J connectivity index is 0. The molecular formula is C10H19CuO2. The molecule has 0 radical (unpaired) electrons. The van der Waals surface area contributed by atoms with Gasteiger partial charge in [0.05, 0.1) is 0 Å². The molecule has 0 saturated heterocycles. The normalized spacial score (nSPS) is 10.7. The number of carboxylic acid groups (broad SMARTS) is 1. The van der Waals surface area contributed by atoms with Gasteiger partial charge in [-0.1, -0.05) is 33.6 Å². The predicted molar refractivity (Wildman–Crippen MR) is 47.5 cm³/mol. The Labute approximate surface area is 91.6 Å². The van der Waals surface area contributed by atoms with Gasteiger partial charge in [0.1, 0.15) is 0 Å². The van der Waals surface area contributed by atoms with Crippen LogP contribution in [0.1, 0.15) is 52.9 Å². The van der Waals surface area contributed by atoms with E-state index in [1.807, 2.05) is 0 Å². The summed E-state index contributed by atoms with van der Waals surface area (Å²) in [6.07, 6.45) is 4.27. The van der Waals surface area contributed by atoms with Crippen LogP contribution in [-0.4, -0.2) is 5.97 Å². The molecule has 0 bridgehead atoms. The van der Waals surface area contributed by atoms with Crippen LogP contribution in [0.15, 0.2) is 0 Å². The monoisotopic (exact) mass is 234 g/mol. The second-order valence-electron chi connectivity index (χ2n) is 4.49. The first-order valence-corrected chi connectivity index (χ1v) is 4.62. The number of carbonyl (C=O) groups excluding carboxylic acids is 1. The minimum Gasteiger partial charge on any atom is -0.550 e. The Bertz CT molecular complexity index is 138. The van der Waals surface area contributed by atoms with Gasteiger partial charge in [0.2, 0.25) is 0 Å². The molecule has 0 N–H and O–H groups in total. The van der Waals surface area contributed by atoms with Crippen LogP contribution in [0, 0.1) is 5.41 Å². The topological polar surface area (TPSA) is 40.1 Å². The van der Waals surface area contributed by atoms with Gasteiger partial charge in [-0.3, -0.25) is 0 Å². The number of carbonyl (C=O) groups is 1. The van der Waals surface area contributed by atoms with Crippen LogP contribution in [0.5, 0.6) is 0 Å². The second kappa shape index (κ2) is 7.40. The van der Waals surface area contributed by atoms with Gasteiger partial charge in [0, 0.05) is 5.97 Å². The number of aliphatic carboxylic acids is 1. The molecule has 0 aromatic carbocycles. The van der Waals surface area contributed by atoms with E-state index in [2.05, 4.69) is 20.8 Å². The summed E-state index contributed by atoms with van der Waals surface area (Å²) in [7, 11) is 0. The van der Waals surface area contributed by atoms with E-state index in [1.54, 1.807) is 0 Å². The molecule has 0 aromatic rings. The quantitative estimate of drug-likeness (QED) is 0.537. The third-order valence-electron chi connectivity index (χ3n) is 1.81. The molecule has 0 aliphatic rings. The third kappa shape index (κ3) is 14.8. The zero-order chi connectivity index (χ0) is 9.61. The number of hydrogen-bond donors (Lipinski definition) is 0. The van der Waals surface area contributed by atoms with Crippen LogP contribution in [0.3, 0.4) is 0 Å². The van der Waals surface area contributed by atoms with E-state index in [-0.39, 0.29) is 23.5 Å². The van der Waals surface area contributed by atoms with E-state index in [1.165, 1.54) is 6.42 Å². The van der Waals surface area contributed by atoms with Crippen molar-refractivity contribution in [1.82, 2.24) is 0 Å². The Morgan fingerprint density at radius 2 is 1.69 bits per heavy atom. The molecule has 0 spiro atoms. The third-order valence-corrected chi connectivity index (χ3v) is 1.81. The molecular weight excluding hydrogens is 216 g/mol. The SMILES string of the molecule is CC(C)(C)CCCCCC(=O)[O-].[Cu+]. The molecule has 0 unspecified atom stereocenters. The Morgan fingerprint density at radius 3 is 2.08 bits per heavy atom. The zero-order valence-electron chi connectivity index (χ0n) is 8.65. The summed E-state index contributed by atoms with van der Waals surface area (Å²) in [4.78, 5) is 10.0. The van der Waals surface area contributed by atoms with Gasteiger partial charge in [-0.2, -0.15) is 0 Å². The molecule has 0 aromatic heterocycles. The smallest absolute Gasteiger partial charge is 0.550 e. The average molecular weight is 235 g/mol. The van der Waals surface area contributed by atoms with Gasteiger partial charge in [0.15, 0.2) is 0 Å². The number of rotatable bonds is 5. The summed E-state index contributed by atoms with van der Waals surface area (Å²) in [6.45, 7) is 6.60. The van der Waals surface area contributed by atoms with Crippen LogP contribution in [0.25, 0.3) is 0 Å². The molecule has 0 heterocycles. The molecule has 0 atom stereocenters. The van der Waals surface area contributed by atoms with E-state index in [0.29, 0.717) is 5.41 Å². The Hall–Kier alpha value is -0.0105. The van der Waals surface area contributed by atoms with Crippen LogP contribution >= 0.6 is 0 Å². The zero-order valence-corrected chi connectivity index (χ0v) is 9.60. The summed E-state index contributed by atoms with van der Waals surface area (Å²) in [6, 6.07) is 0. The first-order chi connectivity index (χ1) is 5.42. The van der Waals surface area contributed by atoms with Gasteiger partial charge in [-0.05, 0) is 24.7 Å². The summed E-state index contributed by atoms with van der Waals surface area (Å²) in [5.74, 6) is -0.925. The first-order valence-electron chi connectivity index (χ1n) is 4.62. The van der Waals surface area contributed by atoms with Gasteiger partial charge in [0.25, 0.3) is 0 Å². The molecule has 0 rings (SSSR count). The van der Waals surface area contributed by atoms with Crippen LogP contribution in [-0.2, 0) is 21.9 Å². The van der Waals surface area contributed by atoms with E-state index in [4.69, 9.17) is 0 Å².